The van der Waals surface area contributed by atoms with E-state index in [2.05, 4.69) is 39.5 Å². The lowest BCUT2D eigenvalue weighted by molar-refractivity contribution is -0.385. The molecule has 0 aromatic heterocycles. The molecule has 2 rings (SSSR count). The standard InChI is InChI=1S/C18H23NO3Si/c1-18(2,3)23(4,16-11-6-5-7-12-16)22-14-15-10-8-9-13-17(15)19(20)21/h5-13H,14H2,1-4H3. The van der Waals surface area contributed by atoms with Crippen LogP contribution in [0.15, 0.2) is 54.6 Å². The van der Waals surface area contributed by atoms with Crippen LogP contribution in [0, 0.1) is 10.1 Å². The van der Waals surface area contributed by atoms with Gasteiger partial charge in [-0.3, -0.25) is 10.1 Å². The third-order valence-electron chi connectivity index (χ3n) is 4.46. The lowest BCUT2D eigenvalue weighted by Gasteiger charge is -2.39. The molecule has 4 nitrogen and oxygen atoms in total. The van der Waals surface area contributed by atoms with Crippen LogP contribution in [-0.4, -0.2) is 13.2 Å². The maximum absolute atomic E-state index is 11.2. The van der Waals surface area contributed by atoms with E-state index < -0.39 is 8.32 Å². The summed E-state index contributed by atoms with van der Waals surface area (Å²) in [4.78, 5) is 10.8. The molecular formula is C18H23NO3Si. The number of hydrogen-bond donors (Lipinski definition) is 0. The molecule has 0 aliphatic rings. The van der Waals surface area contributed by atoms with E-state index in [1.54, 1.807) is 12.1 Å². The Morgan fingerprint density at radius 2 is 1.61 bits per heavy atom. The third kappa shape index (κ3) is 3.68. The molecule has 23 heavy (non-hydrogen) atoms. The number of nitro benzene ring substituents is 1. The van der Waals surface area contributed by atoms with E-state index in [0.717, 1.165) is 0 Å². The summed E-state index contributed by atoms with van der Waals surface area (Å²) in [5.41, 5.74) is 0.738. The normalized spacial score (nSPS) is 14.3. The number of rotatable bonds is 5. The smallest absolute Gasteiger partial charge is 0.274 e. The lowest BCUT2D eigenvalue weighted by atomic mass is 10.2. The average Bonchev–Trinajstić information content (AvgIpc) is 2.52. The Labute approximate surface area is 138 Å². The quantitative estimate of drug-likeness (QED) is 0.464. The molecule has 5 heteroatoms. The van der Waals surface area contributed by atoms with E-state index in [1.165, 1.54) is 11.3 Å². The van der Waals surface area contributed by atoms with Crippen molar-refractivity contribution in [3.63, 3.8) is 0 Å². The zero-order valence-corrected chi connectivity index (χ0v) is 15.1. The SMILES string of the molecule is CC(C)(C)[Si](C)(OCc1ccccc1[N+](=O)[O-])c1ccccc1. The van der Waals surface area contributed by atoms with Gasteiger partial charge in [0.05, 0.1) is 17.1 Å². The highest BCUT2D eigenvalue weighted by Gasteiger charge is 2.44. The van der Waals surface area contributed by atoms with Gasteiger partial charge in [0.25, 0.3) is 5.69 Å². The third-order valence-corrected chi connectivity index (χ3v) is 9.48. The molecule has 0 aliphatic heterocycles. The van der Waals surface area contributed by atoms with Gasteiger partial charge in [-0.25, -0.2) is 0 Å². The van der Waals surface area contributed by atoms with Gasteiger partial charge < -0.3 is 4.43 Å². The van der Waals surface area contributed by atoms with Crippen LogP contribution in [0.4, 0.5) is 5.69 Å². The molecule has 0 bridgehead atoms. The molecule has 2 aromatic carbocycles. The minimum atomic E-state index is -2.29. The summed E-state index contributed by atoms with van der Waals surface area (Å²) >= 11 is 0. The lowest BCUT2D eigenvalue weighted by Crippen LogP contribution is -2.54. The van der Waals surface area contributed by atoms with E-state index in [9.17, 15) is 10.1 Å². The minimum absolute atomic E-state index is 0.0298. The van der Waals surface area contributed by atoms with Crippen LogP contribution < -0.4 is 5.19 Å². The van der Waals surface area contributed by atoms with E-state index >= 15 is 0 Å². The van der Waals surface area contributed by atoms with Gasteiger partial charge in [0, 0.05) is 6.07 Å². The second kappa shape index (κ2) is 6.64. The van der Waals surface area contributed by atoms with Crippen molar-refractivity contribution in [3.8, 4) is 0 Å². The molecule has 0 aliphatic carbocycles. The monoisotopic (exact) mass is 329 g/mol. The second-order valence-corrected chi connectivity index (χ2v) is 11.3. The average molecular weight is 329 g/mol. The fraction of sp³-hybridized carbons (Fsp3) is 0.333. The Hall–Kier alpha value is -1.98. The van der Waals surface area contributed by atoms with Gasteiger partial charge in [0.1, 0.15) is 0 Å². The predicted molar refractivity (Wildman–Crippen MR) is 95.3 cm³/mol. The number of nitro groups is 1. The zero-order chi connectivity index (χ0) is 17.1. The van der Waals surface area contributed by atoms with E-state index in [4.69, 9.17) is 4.43 Å². The largest absolute Gasteiger partial charge is 0.408 e. The van der Waals surface area contributed by atoms with Crippen LogP contribution in [-0.2, 0) is 11.0 Å². The molecule has 1 unspecified atom stereocenters. The van der Waals surface area contributed by atoms with Crippen molar-refractivity contribution < 1.29 is 9.35 Å². The molecule has 0 spiro atoms. The van der Waals surface area contributed by atoms with E-state index in [0.29, 0.717) is 5.56 Å². The van der Waals surface area contributed by atoms with Gasteiger partial charge in [0.15, 0.2) is 0 Å². The topological polar surface area (TPSA) is 52.4 Å². The molecule has 0 saturated heterocycles. The molecule has 122 valence electrons. The molecule has 0 N–H and O–H groups in total. The number of para-hydroxylation sites is 1. The fourth-order valence-corrected chi connectivity index (χ4v) is 5.26. The highest BCUT2D eigenvalue weighted by molar-refractivity contribution is 6.87. The van der Waals surface area contributed by atoms with E-state index in [1.807, 2.05) is 24.3 Å². The summed E-state index contributed by atoms with van der Waals surface area (Å²) in [5.74, 6) is 0. The second-order valence-electron chi connectivity index (χ2n) is 6.82. The highest BCUT2D eigenvalue weighted by atomic mass is 28.4. The van der Waals surface area contributed by atoms with Crippen molar-refractivity contribution in [2.75, 3.05) is 0 Å². The van der Waals surface area contributed by atoms with Crippen molar-refractivity contribution in [2.24, 2.45) is 0 Å². The van der Waals surface area contributed by atoms with Crippen LogP contribution in [0.1, 0.15) is 26.3 Å². The minimum Gasteiger partial charge on any atom is -0.408 e. The summed E-state index contributed by atoms with van der Waals surface area (Å²) in [6, 6.07) is 17.0. The van der Waals surface area contributed by atoms with Crippen LogP contribution in [0.25, 0.3) is 0 Å². The maximum Gasteiger partial charge on any atom is 0.274 e. The van der Waals surface area contributed by atoms with Crippen molar-refractivity contribution in [3.05, 3.63) is 70.3 Å². The Bertz CT molecular complexity index is 682. The fourth-order valence-electron chi connectivity index (χ4n) is 2.52. The Morgan fingerprint density at radius 3 is 2.17 bits per heavy atom. The van der Waals surface area contributed by atoms with Crippen molar-refractivity contribution >= 4 is 19.2 Å². The molecule has 0 fully saturated rings. The van der Waals surface area contributed by atoms with Gasteiger partial charge in [0.2, 0.25) is 8.32 Å². The van der Waals surface area contributed by atoms with Crippen LogP contribution in [0.2, 0.25) is 11.6 Å². The summed E-state index contributed by atoms with van der Waals surface area (Å²) in [7, 11) is -2.29. The van der Waals surface area contributed by atoms with Crippen molar-refractivity contribution in [2.45, 2.75) is 39.0 Å². The van der Waals surface area contributed by atoms with Gasteiger partial charge in [-0.05, 0) is 22.8 Å². The Kier molecular flexibility index (Phi) is 5.02. The molecule has 0 heterocycles. The number of hydrogen-bond acceptors (Lipinski definition) is 3. The first-order chi connectivity index (χ1) is 10.8. The van der Waals surface area contributed by atoms with Gasteiger partial charge in [-0.15, -0.1) is 0 Å². The highest BCUT2D eigenvalue weighted by Crippen LogP contribution is 2.37. The van der Waals surface area contributed by atoms with E-state index in [-0.39, 0.29) is 22.3 Å². The summed E-state index contributed by atoms with van der Waals surface area (Å²) in [6.45, 7) is 8.95. The first-order valence-corrected chi connectivity index (χ1v) is 10.1. The summed E-state index contributed by atoms with van der Waals surface area (Å²) in [6.07, 6.45) is 0. The molecule has 0 radical (unpaired) electrons. The van der Waals surface area contributed by atoms with Gasteiger partial charge in [-0.1, -0.05) is 63.2 Å². The van der Waals surface area contributed by atoms with Gasteiger partial charge in [-0.2, -0.15) is 0 Å². The van der Waals surface area contributed by atoms with Gasteiger partial charge >= 0.3 is 0 Å². The van der Waals surface area contributed by atoms with Crippen molar-refractivity contribution in [1.29, 1.82) is 0 Å². The first kappa shape index (κ1) is 17.4. The van der Waals surface area contributed by atoms with Crippen LogP contribution >= 0.6 is 0 Å². The molecule has 0 saturated carbocycles. The van der Waals surface area contributed by atoms with Crippen molar-refractivity contribution in [1.82, 2.24) is 0 Å². The first-order valence-electron chi connectivity index (χ1n) is 7.67. The Morgan fingerprint density at radius 1 is 1.04 bits per heavy atom. The van der Waals surface area contributed by atoms with Crippen LogP contribution in [0.3, 0.4) is 0 Å². The maximum atomic E-state index is 11.2. The predicted octanol–water partition coefficient (Wildman–Crippen LogP) is 4.39. The van der Waals surface area contributed by atoms with Crippen LogP contribution in [0.5, 0.6) is 0 Å². The molecule has 1 atom stereocenters. The summed E-state index contributed by atoms with van der Waals surface area (Å²) in [5, 5.41) is 12.3. The number of benzene rings is 2. The molecule has 0 amide bonds. The zero-order valence-electron chi connectivity index (χ0n) is 14.1. The number of nitrogens with zero attached hydrogens (tertiary/aromatic N) is 1. The molecule has 2 aromatic rings. The summed E-state index contributed by atoms with van der Waals surface area (Å²) < 4.78 is 6.39. The molecular weight excluding hydrogens is 306 g/mol. The Balaban J connectivity index is 2.33.